The van der Waals surface area contributed by atoms with E-state index in [1.807, 2.05) is 30.3 Å². The quantitative estimate of drug-likeness (QED) is 0.648. The Hall–Kier alpha value is -2.01. The largest absolute Gasteiger partial charge is 0.368 e. The van der Waals surface area contributed by atoms with Gasteiger partial charge in [0.25, 0.3) is 0 Å². The second kappa shape index (κ2) is 5.17. The van der Waals surface area contributed by atoms with Crippen LogP contribution in [0.3, 0.4) is 0 Å². The first-order valence-corrected chi connectivity index (χ1v) is 7.10. The molecule has 2 aromatic rings. The fraction of sp³-hybridized carbons (Fsp3) is 0.133. The fourth-order valence-electron chi connectivity index (χ4n) is 2.13. The van der Waals surface area contributed by atoms with Crippen LogP contribution in [0.4, 0.5) is 15.9 Å². The van der Waals surface area contributed by atoms with E-state index in [-0.39, 0.29) is 11.2 Å². The van der Waals surface area contributed by atoms with Gasteiger partial charge in [-0.05, 0) is 42.8 Å². The van der Waals surface area contributed by atoms with Crippen molar-refractivity contribution in [2.45, 2.75) is 17.2 Å². The van der Waals surface area contributed by atoms with Gasteiger partial charge in [0, 0.05) is 16.1 Å². The van der Waals surface area contributed by atoms with Gasteiger partial charge < -0.3 is 5.32 Å². The lowest BCUT2D eigenvalue weighted by atomic mass is 10.1. The molecule has 2 N–H and O–H groups in total. The third-order valence-corrected chi connectivity index (χ3v) is 4.46. The Morgan fingerprint density at radius 3 is 2.65 bits per heavy atom. The van der Waals surface area contributed by atoms with Gasteiger partial charge in [-0.2, -0.15) is 0 Å². The van der Waals surface area contributed by atoms with Crippen molar-refractivity contribution in [3.05, 3.63) is 53.6 Å². The van der Waals surface area contributed by atoms with Crippen LogP contribution in [-0.4, -0.2) is 5.78 Å². The van der Waals surface area contributed by atoms with Crippen molar-refractivity contribution in [1.29, 1.82) is 0 Å². The summed E-state index contributed by atoms with van der Waals surface area (Å²) in [7, 11) is 0. The Morgan fingerprint density at radius 2 is 2.00 bits per heavy atom. The number of ketones is 1. The van der Waals surface area contributed by atoms with Crippen molar-refractivity contribution in [2.24, 2.45) is 0 Å². The minimum Gasteiger partial charge on any atom is -0.368 e. The summed E-state index contributed by atoms with van der Waals surface area (Å²) in [6.45, 7) is 1.56. The van der Waals surface area contributed by atoms with Crippen molar-refractivity contribution in [3.63, 3.8) is 0 Å². The van der Waals surface area contributed by atoms with E-state index in [2.05, 4.69) is 5.32 Å². The van der Waals surface area contributed by atoms with Gasteiger partial charge in [-0.1, -0.05) is 23.9 Å². The molecule has 3 nitrogen and oxygen atoms in total. The van der Waals surface area contributed by atoms with Gasteiger partial charge in [0.2, 0.25) is 0 Å². The summed E-state index contributed by atoms with van der Waals surface area (Å²) >= 11 is 1.66. The second-order valence-electron chi connectivity index (χ2n) is 4.63. The number of carbonyl (C=O) groups excluding carboxylic acids is 1. The molecule has 1 unspecified atom stereocenters. The van der Waals surface area contributed by atoms with Crippen LogP contribution in [0.2, 0.25) is 0 Å². The lowest BCUT2D eigenvalue weighted by molar-refractivity contribution is 0.101. The topological polar surface area (TPSA) is 41.1 Å². The first-order valence-electron chi connectivity index (χ1n) is 6.22. The number of halogens is 1. The highest BCUT2D eigenvalue weighted by Crippen LogP contribution is 2.46. The summed E-state index contributed by atoms with van der Waals surface area (Å²) in [5.74, 6) is 0.0650. The summed E-state index contributed by atoms with van der Waals surface area (Å²) in [6.07, 6.45) is 0. The van der Waals surface area contributed by atoms with Crippen LogP contribution in [0.1, 0.15) is 28.2 Å². The Labute approximate surface area is 120 Å². The molecule has 0 spiro atoms. The number of anilines is 2. The normalized spacial score (nSPS) is 16.4. The lowest BCUT2D eigenvalue weighted by Crippen LogP contribution is -2.01. The summed E-state index contributed by atoms with van der Waals surface area (Å²) in [5.41, 5.74) is 4.86. The number of rotatable bonds is 3. The lowest BCUT2D eigenvalue weighted by Gasteiger charge is -2.10. The maximum atomic E-state index is 12.3. The van der Waals surface area contributed by atoms with E-state index in [4.69, 9.17) is 0 Å². The van der Waals surface area contributed by atoms with Gasteiger partial charge in [-0.15, -0.1) is 4.48 Å². The summed E-state index contributed by atoms with van der Waals surface area (Å²) in [5, 5.41) is 3.48. The SMILES string of the molecule is CC(=O)c1ccc2c(c1)SC(c1ccc(NF)cc1)N2. The molecule has 0 fully saturated rings. The number of fused-ring (bicyclic) bond motifs is 1. The van der Waals surface area contributed by atoms with E-state index in [0.717, 1.165) is 21.7 Å². The molecular formula is C15H13FN2OS. The summed E-state index contributed by atoms with van der Waals surface area (Å²) < 4.78 is 12.3. The van der Waals surface area contributed by atoms with Gasteiger partial charge in [0.05, 0.1) is 5.69 Å². The Balaban J connectivity index is 1.84. The molecule has 0 aromatic heterocycles. The molecule has 3 rings (SSSR count). The van der Waals surface area contributed by atoms with E-state index in [1.54, 1.807) is 36.4 Å². The third-order valence-electron chi connectivity index (χ3n) is 3.24. The average Bonchev–Trinajstić information content (AvgIpc) is 2.90. The van der Waals surface area contributed by atoms with Gasteiger partial charge in [-0.3, -0.25) is 4.79 Å². The average molecular weight is 288 g/mol. The van der Waals surface area contributed by atoms with Crippen LogP contribution in [-0.2, 0) is 0 Å². The van der Waals surface area contributed by atoms with Gasteiger partial charge in [-0.25, -0.2) is 5.54 Å². The van der Waals surface area contributed by atoms with Gasteiger partial charge in [0.1, 0.15) is 5.37 Å². The first kappa shape index (κ1) is 13.0. The van der Waals surface area contributed by atoms with Crippen molar-refractivity contribution < 1.29 is 9.28 Å². The smallest absolute Gasteiger partial charge is 0.159 e. The molecule has 0 saturated carbocycles. The highest BCUT2D eigenvalue weighted by molar-refractivity contribution is 8.00. The highest BCUT2D eigenvalue weighted by Gasteiger charge is 2.23. The van der Waals surface area contributed by atoms with Crippen molar-refractivity contribution in [1.82, 2.24) is 0 Å². The fourth-order valence-corrected chi connectivity index (χ4v) is 3.31. The Morgan fingerprint density at radius 1 is 1.25 bits per heavy atom. The summed E-state index contributed by atoms with van der Waals surface area (Å²) in [4.78, 5) is 12.5. The number of carbonyl (C=O) groups is 1. The van der Waals surface area contributed by atoms with E-state index >= 15 is 0 Å². The molecule has 1 heterocycles. The number of benzene rings is 2. The molecule has 0 bridgehead atoms. The molecule has 102 valence electrons. The van der Waals surface area contributed by atoms with Crippen LogP contribution >= 0.6 is 11.8 Å². The third kappa shape index (κ3) is 2.36. The first-order chi connectivity index (χ1) is 9.67. The van der Waals surface area contributed by atoms with Crippen molar-refractivity contribution in [2.75, 3.05) is 10.9 Å². The van der Waals surface area contributed by atoms with Crippen molar-refractivity contribution in [3.8, 4) is 0 Å². The molecule has 0 amide bonds. The zero-order valence-electron chi connectivity index (χ0n) is 10.8. The zero-order chi connectivity index (χ0) is 14.1. The minimum atomic E-state index is 0.0650. The molecule has 20 heavy (non-hydrogen) atoms. The van der Waals surface area contributed by atoms with Crippen LogP contribution in [0.15, 0.2) is 47.4 Å². The molecular weight excluding hydrogens is 275 g/mol. The number of hydrogen-bond acceptors (Lipinski definition) is 4. The number of Topliss-reactive ketones (excluding diaryl/α,β-unsaturated/α-hetero) is 1. The van der Waals surface area contributed by atoms with Crippen molar-refractivity contribution >= 4 is 28.9 Å². The van der Waals surface area contributed by atoms with Crippen LogP contribution < -0.4 is 10.9 Å². The molecule has 1 atom stereocenters. The number of thioether (sulfide) groups is 1. The molecule has 0 aliphatic carbocycles. The minimum absolute atomic E-state index is 0.0650. The molecule has 5 heteroatoms. The van der Waals surface area contributed by atoms with Crippen LogP contribution in [0, 0.1) is 0 Å². The Bertz CT molecular complexity index is 657. The molecule has 2 aromatic carbocycles. The molecule has 0 radical (unpaired) electrons. The predicted molar refractivity (Wildman–Crippen MR) is 79.8 cm³/mol. The van der Waals surface area contributed by atoms with E-state index < -0.39 is 0 Å². The maximum absolute atomic E-state index is 12.3. The van der Waals surface area contributed by atoms with Crippen LogP contribution in [0.25, 0.3) is 0 Å². The van der Waals surface area contributed by atoms with Gasteiger partial charge in [0.15, 0.2) is 5.78 Å². The second-order valence-corrected chi connectivity index (χ2v) is 5.77. The zero-order valence-corrected chi connectivity index (χ0v) is 11.6. The number of nitrogens with one attached hydrogen (secondary N) is 2. The maximum Gasteiger partial charge on any atom is 0.159 e. The van der Waals surface area contributed by atoms with Gasteiger partial charge >= 0.3 is 0 Å². The van der Waals surface area contributed by atoms with E-state index in [1.165, 1.54) is 0 Å². The van der Waals surface area contributed by atoms with E-state index in [0.29, 0.717) is 5.69 Å². The molecule has 1 aliphatic rings. The highest BCUT2D eigenvalue weighted by atomic mass is 32.2. The molecule has 1 aliphatic heterocycles. The summed E-state index contributed by atoms with van der Waals surface area (Å²) in [6, 6.07) is 12.8. The standard InChI is InChI=1S/C15H13FN2OS/c1-9(19)11-4-7-13-14(8-11)20-15(17-13)10-2-5-12(18-16)6-3-10/h2-8,15,17-18H,1H3. The predicted octanol–water partition coefficient (Wildman–Crippen LogP) is 4.40. The monoisotopic (exact) mass is 288 g/mol. The van der Waals surface area contributed by atoms with E-state index in [9.17, 15) is 9.28 Å². The molecule has 0 saturated heterocycles. The van der Waals surface area contributed by atoms with Crippen LogP contribution in [0.5, 0.6) is 0 Å². The Kier molecular flexibility index (Phi) is 3.36. The number of hydrogen-bond donors (Lipinski definition) is 2.